The SMILES string of the molecule is COc1ccc(S(=O)(=O)N(CC(=O)N(Cc2ccc(C)cc2)[C@H](C)C(=O)NC(C)C)c2ccc(C)cc2)cc1Br. The van der Waals surface area contributed by atoms with Gasteiger partial charge in [-0.05, 0) is 86.4 Å². The Hall–Kier alpha value is -3.37. The minimum Gasteiger partial charge on any atom is -0.496 e. The van der Waals surface area contributed by atoms with Gasteiger partial charge in [-0.3, -0.25) is 13.9 Å². The number of carbonyl (C=O) groups is 2. The van der Waals surface area contributed by atoms with Crippen molar-refractivity contribution < 1.29 is 22.7 Å². The standard InChI is InChI=1S/C30H36BrN3O5S/c1-20(2)32-30(36)23(5)33(18-24-11-7-21(3)8-12-24)29(35)19-34(25-13-9-22(4)10-14-25)40(37,38)26-15-16-28(39-6)27(31)17-26/h7-17,20,23H,18-19H2,1-6H3,(H,32,36)/t23-/m1/s1. The summed E-state index contributed by atoms with van der Waals surface area (Å²) >= 11 is 3.36. The quantitative estimate of drug-likeness (QED) is 0.314. The summed E-state index contributed by atoms with van der Waals surface area (Å²) in [7, 11) is -2.70. The summed E-state index contributed by atoms with van der Waals surface area (Å²) in [5.74, 6) is -0.353. The zero-order valence-corrected chi connectivity index (χ0v) is 26.0. The van der Waals surface area contributed by atoms with E-state index >= 15 is 0 Å². The van der Waals surface area contributed by atoms with Crippen molar-refractivity contribution in [3.05, 3.63) is 87.9 Å². The summed E-state index contributed by atoms with van der Waals surface area (Å²) in [6.07, 6.45) is 0. The smallest absolute Gasteiger partial charge is 0.264 e. The fourth-order valence-electron chi connectivity index (χ4n) is 4.05. The minimum atomic E-state index is -4.19. The van der Waals surface area contributed by atoms with Crippen molar-refractivity contribution in [2.45, 2.75) is 58.1 Å². The first-order valence-electron chi connectivity index (χ1n) is 12.9. The van der Waals surface area contributed by atoms with Gasteiger partial charge in [0.2, 0.25) is 11.8 Å². The third-order valence-corrected chi connectivity index (χ3v) is 8.77. The molecule has 0 bridgehead atoms. The van der Waals surface area contributed by atoms with Crippen LogP contribution in [0.5, 0.6) is 5.75 Å². The second-order valence-electron chi connectivity index (χ2n) is 9.99. The van der Waals surface area contributed by atoms with E-state index in [0.717, 1.165) is 21.0 Å². The van der Waals surface area contributed by atoms with Crippen molar-refractivity contribution in [3.8, 4) is 5.75 Å². The minimum absolute atomic E-state index is 0.00997. The van der Waals surface area contributed by atoms with Crippen LogP contribution in [0.4, 0.5) is 5.69 Å². The highest BCUT2D eigenvalue weighted by Crippen LogP contribution is 2.31. The Morgan fingerprint density at radius 1 is 0.925 bits per heavy atom. The lowest BCUT2D eigenvalue weighted by Crippen LogP contribution is -2.52. The van der Waals surface area contributed by atoms with Gasteiger partial charge in [0.15, 0.2) is 0 Å². The van der Waals surface area contributed by atoms with E-state index in [1.54, 1.807) is 37.3 Å². The largest absolute Gasteiger partial charge is 0.496 e. The lowest BCUT2D eigenvalue weighted by Gasteiger charge is -2.32. The Labute approximate surface area is 245 Å². The molecule has 0 saturated heterocycles. The van der Waals surface area contributed by atoms with Crippen LogP contribution in [0.25, 0.3) is 0 Å². The highest BCUT2D eigenvalue weighted by atomic mass is 79.9. The maximum absolute atomic E-state index is 14.0. The maximum atomic E-state index is 14.0. The summed E-state index contributed by atoms with van der Waals surface area (Å²) in [6.45, 7) is 8.84. The number of methoxy groups -OCH3 is 1. The van der Waals surface area contributed by atoms with E-state index in [2.05, 4.69) is 21.2 Å². The van der Waals surface area contributed by atoms with Crippen LogP contribution in [0.3, 0.4) is 0 Å². The fourth-order valence-corrected chi connectivity index (χ4v) is 6.19. The molecule has 0 aromatic heterocycles. The van der Waals surface area contributed by atoms with E-state index in [4.69, 9.17) is 4.74 Å². The molecular formula is C30H36BrN3O5S. The van der Waals surface area contributed by atoms with Crippen LogP contribution in [-0.2, 0) is 26.2 Å². The molecule has 0 aliphatic rings. The first-order valence-corrected chi connectivity index (χ1v) is 15.1. The number of amides is 2. The molecule has 40 heavy (non-hydrogen) atoms. The topological polar surface area (TPSA) is 96.0 Å². The van der Waals surface area contributed by atoms with E-state index in [9.17, 15) is 18.0 Å². The van der Waals surface area contributed by atoms with Crippen LogP contribution in [0.1, 0.15) is 37.5 Å². The molecule has 1 N–H and O–H groups in total. The van der Waals surface area contributed by atoms with Gasteiger partial charge in [0.05, 0.1) is 22.2 Å². The van der Waals surface area contributed by atoms with Crippen molar-refractivity contribution in [1.82, 2.24) is 10.2 Å². The van der Waals surface area contributed by atoms with Gasteiger partial charge in [-0.2, -0.15) is 0 Å². The predicted octanol–water partition coefficient (Wildman–Crippen LogP) is 5.21. The van der Waals surface area contributed by atoms with Crippen molar-refractivity contribution in [2.75, 3.05) is 18.0 Å². The van der Waals surface area contributed by atoms with E-state index in [0.29, 0.717) is 15.9 Å². The molecule has 0 saturated carbocycles. The van der Waals surface area contributed by atoms with Crippen molar-refractivity contribution in [3.63, 3.8) is 0 Å². The molecule has 10 heteroatoms. The number of benzene rings is 3. The summed E-state index contributed by atoms with van der Waals surface area (Å²) in [5, 5.41) is 2.86. The molecule has 2 amide bonds. The van der Waals surface area contributed by atoms with Crippen LogP contribution in [0.15, 0.2) is 76.1 Å². The molecule has 0 heterocycles. The van der Waals surface area contributed by atoms with Gasteiger partial charge in [0.25, 0.3) is 10.0 Å². The molecule has 214 valence electrons. The number of aryl methyl sites for hydroxylation is 2. The molecule has 3 aromatic carbocycles. The molecule has 0 radical (unpaired) electrons. The third-order valence-electron chi connectivity index (χ3n) is 6.38. The van der Waals surface area contributed by atoms with Crippen molar-refractivity contribution in [2.24, 2.45) is 0 Å². The van der Waals surface area contributed by atoms with Crippen molar-refractivity contribution in [1.29, 1.82) is 0 Å². The summed E-state index contributed by atoms with van der Waals surface area (Å²) < 4.78 is 34.8. The number of ether oxygens (including phenoxy) is 1. The number of hydrogen-bond donors (Lipinski definition) is 1. The lowest BCUT2D eigenvalue weighted by molar-refractivity contribution is -0.139. The Kier molecular flexibility index (Phi) is 10.4. The summed E-state index contributed by atoms with van der Waals surface area (Å²) in [6, 6.07) is 18.0. The summed E-state index contributed by atoms with van der Waals surface area (Å²) in [5.41, 5.74) is 3.17. The van der Waals surface area contributed by atoms with Crippen LogP contribution < -0.4 is 14.4 Å². The number of sulfonamides is 1. The molecule has 0 aliphatic carbocycles. The second-order valence-corrected chi connectivity index (χ2v) is 12.7. The van der Waals surface area contributed by atoms with Crippen LogP contribution in [-0.4, -0.2) is 50.9 Å². The van der Waals surface area contributed by atoms with Gasteiger partial charge < -0.3 is 15.0 Å². The van der Waals surface area contributed by atoms with E-state index < -0.39 is 28.5 Å². The first kappa shape index (κ1) is 31.2. The number of nitrogens with one attached hydrogen (secondary N) is 1. The van der Waals surface area contributed by atoms with Crippen molar-refractivity contribution >= 4 is 43.5 Å². The zero-order chi connectivity index (χ0) is 29.6. The Balaban J connectivity index is 2.04. The monoisotopic (exact) mass is 629 g/mol. The average Bonchev–Trinajstić information content (AvgIpc) is 2.91. The van der Waals surface area contributed by atoms with Gasteiger partial charge in [0.1, 0.15) is 18.3 Å². The summed E-state index contributed by atoms with van der Waals surface area (Å²) in [4.78, 5) is 28.4. The molecule has 3 aromatic rings. The number of halogens is 1. The van der Waals surface area contributed by atoms with Gasteiger partial charge in [0, 0.05) is 12.6 Å². The maximum Gasteiger partial charge on any atom is 0.264 e. The van der Waals surface area contributed by atoms with Crippen LogP contribution >= 0.6 is 15.9 Å². The van der Waals surface area contributed by atoms with E-state index in [1.807, 2.05) is 52.0 Å². The van der Waals surface area contributed by atoms with E-state index in [-0.39, 0.29) is 23.4 Å². The Morgan fingerprint density at radius 2 is 1.50 bits per heavy atom. The fraction of sp³-hybridized carbons (Fsp3) is 0.333. The Bertz CT molecular complexity index is 1440. The highest BCUT2D eigenvalue weighted by molar-refractivity contribution is 9.10. The predicted molar refractivity (Wildman–Crippen MR) is 161 cm³/mol. The number of hydrogen-bond acceptors (Lipinski definition) is 5. The lowest BCUT2D eigenvalue weighted by atomic mass is 10.1. The molecule has 0 unspecified atom stereocenters. The molecule has 0 spiro atoms. The number of nitrogens with zero attached hydrogens (tertiary/aromatic N) is 2. The second kappa shape index (κ2) is 13.3. The van der Waals surface area contributed by atoms with E-state index in [1.165, 1.54) is 24.1 Å². The average molecular weight is 631 g/mol. The van der Waals surface area contributed by atoms with Gasteiger partial charge >= 0.3 is 0 Å². The van der Waals surface area contributed by atoms with Gasteiger partial charge in [-0.15, -0.1) is 0 Å². The van der Waals surface area contributed by atoms with Gasteiger partial charge in [-0.25, -0.2) is 8.42 Å². The van der Waals surface area contributed by atoms with Crippen LogP contribution in [0, 0.1) is 13.8 Å². The first-order chi connectivity index (χ1) is 18.8. The number of anilines is 1. The number of rotatable bonds is 11. The molecule has 0 aliphatic heterocycles. The normalized spacial score (nSPS) is 12.1. The van der Waals surface area contributed by atoms with Gasteiger partial charge in [-0.1, -0.05) is 47.5 Å². The third kappa shape index (κ3) is 7.63. The molecule has 8 nitrogen and oxygen atoms in total. The number of carbonyl (C=O) groups excluding carboxylic acids is 2. The Morgan fingerprint density at radius 3 is 2.02 bits per heavy atom. The molecule has 1 atom stereocenters. The zero-order valence-electron chi connectivity index (χ0n) is 23.6. The highest BCUT2D eigenvalue weighted by Gasteiger charge is 2.33. The molecular weight excluding hydrogens is 594 g/mol. The molecule has 3 rings (SSSR count). The molecule has 0 fully saturated rings. The van der Waals surface area contributed by atoms with Crippen LogP contribution in [0.2, 0.25) is 0 Å².